The molecule has 2 saturated carbocycles. The summed E-state index contributed by atoms with van der Waals surface area (Å²) >= 11 is 0. The first kappa shape index (κ1) is 17.1. The zero-order chi connectivity index (χ0) is 17.1. The quantitative estimate of drug-likeness (QED) is 0.827. The second-order valence-electron chi connectivity index (χ2n) is 6.76. The number of carboxylic acid groups (broad SMARTS) is 1. The molecule has 2 fully saturated rings. The Kier molecular flexibility index (Phi) is 5.33. The maximum Gasteiger partial charge on any atom is 0.307 e. The number of rotatable bonds is 6. The molecule has 3 rings (SSSR count). The molecule has 2 N–H and O–H groups in total. The van der Waals surface area contributed by atoms with Crippen molar-refractivity contribution in [2.45, 2.75) is 49.5 Å². The van der Waals surface area contributed by atoms with Crippen LogP contribution in [0.3, 0.4) is 0 Å². The molecule has 2 aliphatic carbocycles. The molecule has 5 nitrogen and oxygen atoms in total. The summed E-state index contributed by atoms with van der Waals surface area (Å²) in [6, 6.07) is 7.39. The van der Waals surface area contributed by atoms with Crippen molar-refractivity contribution < 1.29 is 18.9 Å². The monoisotopic (exact) mass is 349 g/mol. The number of carbonyl (C=O) groups excluding carboxylic acids is 1. The van der Waals surface area contributed by atoms with Gasteiger partial charge in [0.05, 0.1) is 11.8 Å². The summed E-state index contributed by atoms with van der Waals surface area (Å²) in [5.74, 6) is -1.62. The Morgan fingerprint density at radius 1 is 1.17 bits per heavy atom. The molecule has 0 bridgehead atoms. The minimum atomic E-state index is -0.910. The molecule has 2 aliphatic rings. The maximum absolute atomic E-state index is 12.5. The first-order valence-electron chi connectivity index (χ1n) is 8.54. The third kappa shape index (κ3) is 4.23. The van der Waals surface area contributed by atoms with Crippen molar-refractivity contribution in [1.82, 2.24) is 0 Å². The summed E-state index contributed by atoms with van der Waals surface area (Å²) in [5, 5.41) is 12.0. The number of carboxylic acids is 1. The van der Waals surface area contributed by atoms with E-state index in [1.165, 1.54) is 19.3 Å². The second kappa shape index (κ2) is 7.47. The number of carbonyl (C=O) groups is 2. The fourth-order valence-corrected chi connectivity index (χ4v) is 4.94. The Morgan fingerprint density at radius 3 is 2.58 bits per heavy atom. The Morgan fingerprint density at radius 2 is 1.92 bits per heavy atom. The molecule has 0 unspecified atom stereocenters. The van der Waals surface area contributed by atoms with Crippen LogP contribution < -0.4 is 5.32 Å². The SMILES string of the molecule is O=C(O)[C@@H]1C[C@H]1C(=O)Nc1cccc(C[S@](=O)C2CCCCC2)c1. The van der Waals surface area contributed by atoms with Crippen LogP contribution in [0.1, 0.15) is 44.1 Å². The van der Waals surface area contributed by atoms with E-state index >= 15 is 0 Å². The first-order chi connectivity index (χ1) is 11.5. The smallest absolute Gasteiger partial charge is 0.307 e. The van der Waals surface area contributed by atoms with E-state index in [2.05, 4.69) is 5.32 Å². The van der Waals surface area contributed by atoms with Crippen LogP contribution in [0.4, 0.5) is 5.69 Å². The van der Waals surface area contributed by atoms with Crippen molar-refractivity contribution in [2.24, 2.45) is 11.8 Å². The summed E-state index contributed by atoms with van der Waals surface area (Å²) in [5.41, 5.74) is 1.59. The number of anilines is 1. The van der Waals surface area contributed by atoms with Crippen molar-refractivity contribution in [3.8, 4) is 0 Å². The van der Waals surface area contributed by atoms with Crippen LogP contribution in [0.15, 0.2) is 24.3 Å². The van der Waals surface area contributed by atoms with Crippen LogP contribution in [0.25, 0.3) is 0 Å². The second-order valence-corrected chi connectivity index (χ2v) is 8.48. The number of amides is 1. The Labute approximate surface area is 144 Å². The number of hydrogen-bond donors (Lipinski definition) is 2. The van der Waals surface area contributed by atoms with Gasteiger partial charge in [-0.15, -0.1) is 0 Å². The summed E-state index contributed by atoms with van der Waals surface area (Å²) in [7, 11) is -0.877. The molecule has 3 atom stereocenters. The predicted molar refractivity (Wildman–Crippen MR) is 93.0 cm³/mol. The van der Waals surface area contributed by atoms with E-state index in [0.29, 0.717) is 23.1 Å². The zero-order valence-electron chi connectivity index (χ0n) is 13.6. The van der Waals surface area contributed by atoms with E-state index in [1.54, 1.807) is 6.07 Å². The van der Waals surface area contributed by atoms with E-state index in [0.717, 1.165) is 18.4 Å². The van der Waals surface area contributed by atoms with E-state index in [1.807, 2.05) is 18.2 Å². The lowest BCUT2D eigenvalue weighted by molar-refractivity contribution is -0.139. The van der Waals surface area contributed by atoms with Crippen LogP contribution in [0.2, 0.25) is 0 Å². The molecule has 0 aliphatic heterocycles. The molecule has 0 radical (unpaired) electrons. The van der Waals surface area contributed by atoms with Crippen LogP contribution in [0, 0.1) is 11.8 Å². The standard InChI is InChI=1S/C18H23NO4S/c20-17(15-10-16(15)18(21)22)19-13-6-4-5-12(9-13)11-24(23)14-7-2-1-3-8-14/h4-6,9,14-16H,1-3,7-8,10-11H2,(H,19,20)(H,21,22)/t15-,16-,24+/m1/s1. The van der Waals surface area contributed by atoms with E-state index in [-0.39, 0.29) is 5.91 Å². The molecular formula is C18H23NO4S. The number of benzene rings is 1. The molecule has 1 amide bonds. The molecule has 1 aromatic carbocycles. The van der Waals surface area contributed by atoms with Crippen molar-refractivity contribution in [2.75, 3.05) is 5.32 Å². The van der Waals surface area contributed by atoms with Crippen LogP contribution >= 0.6 is 0 Å². The van der Waals surface area contributed by atoms with Gasteiger partial charge in [-0.25, -0.2) is 0 Å². The fraction of sp³-hybridized carbons (Fsp3) is 0.556. The van der Waals surface area contributed by atoms with E-state index < -0.39 is 28.6 Å². The van der Waals surface area contributed by atoms with Gasteiger partial charge in [0.25, 0.3) is 0 Å². The van der Waals surface area contributed by atoms with Gasteiger partial charge >= 0.3 is 5.97 Å². The van der Waals surface area contributed by atoms with Gasteiger partial charge in [-0.3, -0.25) is 13.8 Å². The Balaban J connectivity index is 1.57. The highest BCUT2D eigenvalue weighted by molar-refractivity contribution is 7.84. The highest BCUT2D eigenvalue weighted by atomic mass is 32.2. The average molecular weight is 349 g/mol. The molecular weight excluding hydrogens is 326 g/mol. The highest BCUT2D eigenvalue weighted by Gasteiger charge is 2.48. The summed E-state index contributed by atoms with van der Waals surface area (Å²) in [6.07, 6.45) is 6.07. The van der Waals surface area contributed by atoms with Gasteiger partial charge < -0.3 is 10.4 Å². The third-order valence-corrected chi connectivity index (χ3v) is 6.70. The lowest BCUT2D eigenvalue weighted by Crippen LogP contribution is -2.20. The van der Waals surface area contributed by atoms with Crippen molar-refractivity contribution in [1.29, 1.82) is 0 Å². The van der Waals surface area contributed by atoms with Gasteiger partial charge in [-0.1, -0.05) is 31.4 Å². The van der Waals surface area contributed by atoms with E-state index in [9.17, 15) is 13.8 Å². The minimum absolute atomic E-state index is 0.243. The molecule has 0 heterocycles. The summed E-state index contributed by atoms with van der Waals surface area (Å²) in [6.45, 7) is 0. The largest absolute Gasteiger partial charge is 0.481 e. The van der Waals surface area contributed by atoms with Gasteiger partial charge in [-0.05, 0) is 37.0 Å². The third-order valence-electron chi connectivity index (χ3n) is 4.87. The lowest BCUT2D eigenvalue weighted by Gasteiger charge is -2.21. The number of hydrogen-bond acceptors (Lipinski definition) is 3. The van der Waals surface area contributed by atoms with Gasteiger partial charge in [0.2, 0.25) is 5.91 Å². The molecule has 0 aromatic heterocycles. The molecule has 0 saturated heterocycles. The maximum atomic E-state index is 12.5. The van der Waals surface area contributed by atoms with Gasteiger partial charge in [0.15, 0.2) is 0 Å². The number of aliphatic carboxylic acids is 1. The molecule has 24 heavy (non-hydrogen) atoms. The minimum Gasteiger partial charge on any atom is -0.481 e. The molecule has 130 valence electrons. The van der Waals surface area contributed by atoms with Crippen molar-refractivity contribution in [3.05, 3.63) is 29.8 Å². The lowest BCUT2D eigenvalue weighted by atomic mass is 10.0. The predicted octanol–water partition coefficient (Wildman–Crippen LogP) is 2.93. The molecule has 1 aromatic rings. The molecule has 0 spiro atoms. The first-order valence-corrected chi connectivity index (χ1v) is 9.92. The highest BCUT2D eigenvalue weighted by Crippen LogP contribution is 2.39. The van der Waals surface area contributed by atoms with Crippen LogP contribution in [0.5, 0.6) is 0 Å². The Bertz CT molecular complexity index is 654. The average Bonchev–Trinajstić information content (AvgIpc) is 3.37. The summed E-state index contributed by atoms with van der Waals surface area (Å²) in [4.78, 5) is 22.9. The van der Waals surface area contributed by atoms with Gasteiger partial charge in [0, 0.05) is 27.5 Å². The van der Waals surface area contributed by atoms with E-state index in [4.69, 9.17) is 5.11 Å². The van der Waals surface area contributed by atoms with Crippen molar-refractivity contribution in [3.63, 3.8) is 0 Å². The van der Waals surface area contributed by atoms with Crippen LogP contribution in [-0.2, 0) is 26.1 Å². The Hall–Kier alpha value is -1.69. The molecule has 6 heteroatoms. The van der Waals surface area contributed by atoms with Crippen LogP contribution in [-0.4, -0.2) is 26.4 Å². The fourth-order valence-electron chi connectivity index (χ4n) is 3.34. The van der Waals surface area contributed by atoms with Crippen molar-refractivity contribution >= 4 is 28.4 Å². The van der Waals surface area contributed by atoms with Gasteiger partial charge in [0.1, 0.15) is 0 Å². The normalized spacial score (nSPS) is 25.0. The number of nitrogens with one attached hydrogen (secondary N) is 1. The zero-order valence-corrected chi connectivity index (χ0v) is 14.4. The van der Waals surface area contributed by atoms with Gasteiger partial charge in [-0.2, -0.15) is 0 Å². The summed E-state index contributed by atoms with van der Waals surface area (Å²) < 4.78 is 12.5. The topological polar surface area (TPSA) is 83.5 Å².